The number of halogens is 1. The van der Waals surface area contributed by atoms with Crippen molar-refractivity contribution in [2.24, 2.45) is 0 Å². The Bertz CT molecular complexity index is 660. The Labute approximate surface area is 109 Å². The fraction of sp³-hybridized carbons (Fsp3) is 0.417. The molecule has 0 saturated heterocycles. The molecule has 0 fully saturated rings. The lowest BCUT2D eigenvalue weighted by Gasteiger charge is -2.21. The van der Waals surface area contributed by atoms with E-state index in [9.17, 15) is 4.39 Å². The van der Waals surface area contributed by atoms with E-state index < -0.39 is 5.82 Å². The lowest BCUT2D eigenvalue weighted by molar-refractivity contribution is 0.416. The molecule has 0 spiro atoms. The van der Waals surface area contributed by atoms with Crippen LogP contribution in [-0.4, -0.2) is 19.7 Å². The second-order valence-electron chi connectivity index (χ2n) is 5.19. The van der Waals surface area contributed by atoms with Crippen LogP contribution in [0.15, 0.2) is 6.20 Å². The summed E-state index contributed by atoms with van der Waals surface area (Å²) < 4.78 is 15.4. The van der Waals surface area contributed by atoms with Gasteiger partial charge in [-0.2, -0.15) is 0 Å². The van der Waals surface area contributed by atoms with Crippen LogP contribution < -0.4 is 11.1 Å². The van der Waals surface area contributed by atoms with Crippen LogP contribution in [-0.2, 0) is 12.1 Å². The van der Waals surface area contributed by atoms with E-state index in [0.29, 0.717) is 18.2 Å². The summed E-state index contributed by atoms with van der Waals surface area (Å²) in [5.41, 5.74) is 7.33. The molecule has 2 aromatic rings. The maximum Gasteiger partial charge on any atom is 0.193 e. The number of rotatable bonds is 1. The highest BCUT2D eigenvalue weighted by Gasteiger charge is 2.37. The van der Waals surface area contributed by atoms with Crippen LogP contribution >= 0.6 is 0 Å². The molecule has 2 aromatic heterocycles. The summed E-state index contributed by atoms with van der Waals surface area (Å²) in [6, 6.07) is 0. The second-order valence-corrected chi connectivity index (χ2v) is 5.19. The van der Waals surface area contributed by atoms with E-state index in [1.54, 1.807) is 6.92 Å². The number of fused-ring (bicyclic) bond motifs is 1. The van der Waals surface area contributed by atoms with Gasteiger partial charge in [-0.05, 0) is 20.8 Å². The predicted octanol–water partition coefficient (Wildman–Crippen LogP) is 1.03. The molecule has 6 nitrogen and oxygen atoms in total. The Hall–Kier alpha value is -2.02. The smallest absolute Gasteiger partial charge is 0.193 e. The molecule has 0 radical (unpaired) electrons. The molecule has 19 heavy (non-hydrogen) atoms. The molecule has 3 rings (SSSR count). The van der Waals surface area contributed by atoms with Gasteiger partial charge in [-0.1, -0.05) is 0 Å². The molecular formula is C12H15FN6. The summed E-state index contributed by atoms with van der Waals surface area (Å²) in [7, 11) is 0. The van der Waals surface area contributed by atoms with Crippen molar-refractivity contribution in [1.82, 2.24) is 25.1 Å². The van der Waals surface area contributed by atoms with Gasteiger partial charge in [0.2, 0.25) is 0 Å². The molecule has 0 unspecified atom stereocenters. The highest BCUT2D eigenvalue weighted by atomic mass is 19.1. The van der Waals surface area contributed by atoms with Crippen molar-refractivity contribution in [3.63, 3.8) is 0 Å². The summed E-state index contributed by atoms with van der Waals surface area (Å²) >= 11 is 0. The van der Waals surface area contributed by atoms with Crippen LogP contribution in [0.3, 0.4) is 0 Å². The monoisotopic (exact) mass is 262 g/mol. The quantitative estimate of drug-likeness (QED) is 0.802. The Morgan fingerprint density at radius 1 is 1.47 bits per heavy atom. The molecule has 0 amide bonds. The maximum atomic E-state index is 13.9. The van der Waals surface area contributed by atoms with Crippen molar-refractivity contribution in [2.75, 3.05) is 5.73 Å². The van der Waals surface area contributed by atoms with Gasteiger partial charge >= 0.3 is 0 Å². The summed E-state index contributed by atoms with van der Waals surface area (Å²) in [4.78, 5) is 7.96. The van der Waals surface area contributed by atoms with Gasteiger partial charge in [0.15, 0.2) is 17.5 Å². The molecule has 0 saturated carbocycles. The summed E-state index contributed by atoms with van der Waals surface area (Å²) in [6.07, 6.45) is 1.15. The molecule has 100 valence electrons. The van der Waals surface area contributed by atoms with Gasteiger partial charge in [-0.15, -0.1) is 5.10 Å². The zero-order valence-corrected chi connectivity index (χ0v) is 11.0. The Morgan fingerprint density at radius 2 is 2.21 bits per heavy atom. The van der Waals surface area contributed by atoms with Gasteiger partial charge in [-0.3, -0.25) is 0 Å². The highest BCUT2D eigenvalue weighted by Crippen LogP contribution is 2.35. The van der Waals surface area contributed by atoms with Crippen molar-refractivity contribution < 1.29 is 4.39 Å². The minimum atomic E-state index is -0.515. The van der Waals surface area contributed by atoms with Crippen molar-refractivity contribution in [3.05, 3.63) is 29.1 Å². The number of aromatic nitrogens is 4. The molecule has 3 heterocycles. The SMILES string of the molecule is Cc1ncc(F)c(-n2nc(N)c3c2C(C)(C)NC3)n1. The molecule has 3 N–H and O–H groups in total. The molecule has 0 aliphatic carbocycles. The molecule has 1 aliphatic rings. The van der Waals surface area contributed by atoms with E-state index in [4.69, 9.17) is 5.73 Å². The average Bonchev–Trinajstić information content (AvgIpc) is 2.83. The van der Waals surface area contributed by atoms with Gasteiger partial charge in [-0.25, -0.2) is 19.0 Å². The van der Waals surface area contributed by atoms with Crippen LogP contribution in [0, 0.1) is 12.7 Å². The minimum Gasteiger partial charge on any atom is -0.382 e. The number of anilines is 1. The van der Waals surface area contributed by atoms with Crippen LogP contribution in [0.5, 0.6) is 0 Å². The molecule has 1 aliphatic heterocycles. The maximum absolute atomic E-state index is 13.9. The van der Waals surface area contributed by atoms with E-state index in [-0.39, 0.29) is 11.4 Å². The van der Waals surface area contributed by atoms with Crippen LogP contribution in [0.1, 0.15) is 30.9 Å². The van der Waals surface area contributed by atoms with Crippen molar-refractivity contribution in [3.8, 4) is 5.82 Å². The summed E-state index contributed by atoms with van der Waals surface area (Å²) in [6.45, 7) is 6.34. The van der Waals surface area contributed by atoms with Gasteiger partial charge in [0.25, 0.3) is 0 Å². The average molecular weight is 262 g/mol. The molecular weight excluding hydrogens is 247 g/mol. The number of hydrogen-bond acceptors (Lipinski definition) is 5. The van der Waals surface area contributed by atoms with Gasteiger partial charge in [0, 0.05) is 12.1 Å². The number of hydrogen-bond donors (Lipinski definition) is 2. The number of nitrogens with two attached hydrogens (primary N) is 1. The topological polar surface area (TPSA) is 81.7 Å². The van der Waals surface area contributed by atoms with E-state index in [2.05, 4.69) is 20.4 Å². The zero-order chi connectivity index (χ0) is 13.8. The molecule has 0 bridgehead atoms. The predicted molar refractivity (Wildman–Crippen MR) is 68.1 cm³/mol. The van der Waals surface area contributed by atoms with E-state index in [1.165, 1.54) is 4.68 Å². The normalized spacial score (nSPS) is 16.6. The minimum absolute atomic E-state index is 0.136. The van der Waals surface area contributed by atoms with Gasteiger partial charge in [0.1, 0.15) is 5.82 Å². The molecule has 7 heteroatoms. The molecule has 0 aromatic carbocycles. The Morgan fingerprint density at radius 3 is 2.95 bits per heavy atom. The Kier molecular flexibility index (Phi) is 2.37. The summed E-state index contributed by atoms with van der Waals surface area (Å²) in [5, 5.41) is 7.54. The van der Waals surface area contributed by atoms with Crippen LogP contribution in [0.4, 0.5) is 10.2 Å². The largest absolute Gasteiger partial charge is 0.382 e. The lowest BCUT2D eigenvalue weighted by atomic mass is 10.0. The summed E-state index contributed by atoms with van der Waals surface area (Å²) in [5.74, 6) is 0.516. The first-order valence-electron chi connectivity index (χ1n) is 6.02. The first kappa shape index (κ1) is 12.0. The Balaban J connectivity index is 2.28. The van der Waals surface area contributed by atoms with Gasteiger partial charge in [0.05, 0.1) is 17.4 Å². The molecule has 0 atom stereocenters. The first-order valence-corrected chi connectivity index (χ1v) is 6.02. The first-order chi connectivity index (χ1) is 8.90. The fourth-order valence-electron chi connectivity index (χ4n) is 2.42. The standard InChI is InChI=1S/C12H15FN6/c1-6-15-5-8(13)11(17-6)19-9-7(10(14)18-19)4-16-12(9,2)3/h5,16H,4H2,1-3H3,(H2,14,18). The van der Waals surface area contributed by atoms with Crippen molar-refractivity contribution in [1.29, 1.82) is 0 Å². The van der Waals surface area contributed by atoms with E-state index in [1.807, 2.05) is 13.8 Å². The third-order valence-electron chi connectivity index (χ3n) is 3.36. The van der Waals surface area contributed by atoms with E-state index in [0.717, 1.165) is 17.5 Å². The van der Waals surface area contributed by atoms with E-state index >= 15 is 0 Å². The third kappa shape index (κ3) is 1.69. The third-order valence-corrected chi connectivity index (χ3v) is 3.36. The number of aryl methyl sites for hydroxylation is 1. The van der Waals surface area contributed by atoms with Crippen LogP contribution in [0.25, 0.3) is 5.82 Å². The van der Waals surface area contributed by atoms with Crippen molar-refractivity contribution in [2.45, 2.75) is 32.9 Å². The second kappa shape index (κ2) is 3.74. The number of nitrogen functional groups attached to an aromatic ring is 1. The zero-order valence-electron chi connectivity index (χ0n) is 11.0. The number of nitrogens with one attached hydrogen (secondary N) is 1. The fourth-order valence-corrected chi connectivity index (χ4v) is 2.42. The van der Waals surface area contributed by atoms with Crippen molar-refractivity contribution >= 4 is 5.82 Å². The van der Waals surface area contributed by atoms with Gasteiger partial charge < -0.3 is 11.1 Å². The van der Waals surface area contributed by atoms with Crippen LogP contribution in [0.2, 0.25) is 0 Å². The lowest BCUT2D eigenvalue weighted by Crippen LogP contribution is -2.32. The number of nitrogens with zero attached hydrogens (tertiary/aromatic N) is 4. The highest BCUT2D eigenvalue weighted by molar-refractivity contribution is 5.50.